The predicted octanol–water partition coefficient (Wildman–Crippen LogP) is 4.01. The Morgan fingerprint density at radius 2 is 2.10 bits per heavy atom. The van der Waals surface area contributed by atoms with Crippen LogP contribution in [0.3, 0.4) is 0 Å². The third-order valence-electron chi connectivity index (χ3n) is 4.40. The number of thioether (sulfide) groups is 1. The predicted molar refractivity (Wildman–Crippen MR) is 91.8 cm³/mol. The first kappa shape index (κ1) is 18.8. The highest BCUT2D eigenvalue weighted by molar-refractivity contribution is 7.99. The molecule has 0 amide bonds. The molecule has 0 bridgehead atoms. The van der Waals surface area contributed by atoms with Crippen LogP contribution in [0.25, 0.3) is 0 Å². The summed E-state index contributed by atoms with van der Waals surface area (Å²) in [6.07, 6.45) is 7.98. The smallest absolute Gasteiger partial charge is 0.326 e. The van der Waals surface area contributed by atoms with E-state index in [1.807, 2.05) is 18.7 Å². The number of esters is 1. The maximum atomic E-state index is 12.5. The molecule has 0 aromatic rings. The molecule has 0 radical (unpaired) electrons. The fourth-order valence-corrected chi connectivity index (χ4v) is 4.37. The van der Waals surface area contributed by atoms with Gasteiger partial charge in [-0.05, 0) is 63.0 Å². The van der Waals surface area contributed by atoms with Gasteiger partial charge in [-0.1, -0.05) is 26.7 Å². The van der Waals surface area contributed by atoms with Crippen molar-refractivity contribution >= 4 is 17.7 Å². The number of rotatable bonds is 11. The molecule has 1 saturated carbocycles. The van der Waals surface area contributed by atoms with Gasteiger partial charge in [0.1, 0.15) is 5.54 Å². The van der Waals surface area contributed by atoms with Crippen LogP contribution in [0.1, 0.15) is 65.7 Å². The van der Waals surface area contributed by atoms with Crippen LogP contribution in [0.4, 0.5) is 0 Å². The van der Waals surface area contributed by atoms with Gasteiger partial charge in [0, 0.05) is 0 Å². The van der Waals surface area contributed by atoms with Crippen molar-refractivity contribution in [3.63, 3.8) is 0 Å². The van der Waals surface area contributed by atoms with Crippen LogP contribution in [0.15, 0.2) is 0 Å². The van der Waals surface area contributed by atoms with E-state index in [0.717, 1.165) is 38.6 Å². The monoisotopic (exact) mass is 315 g/mol. The summed E-state index contributed by atoms with van der Waals surface area (Å²) in [6.45, 7) is 7.66. The molecule has 1 aliphatic carbocycles. The minimum atomic E-state index is -0.405. The summed E-state index contributed by atoms with van der Waals surface area (Å²) >= 11 is 2.03. The summed E-state index contributed by atoms with van der Waals surface area (Å²) in [5.74, 6) is 2.84. The van der Waals surface area contributed by atoms with Crippen molar-refractivity contribution in [2.75, 3.05) is 24.7 Å². The van der Waals surface area contributed by atoms with Crippen molar-refractivity contribution in [3.05, 3.63) is 0 Å². The van der Waals surface area contributed by atoms with E-state index >= 15 is 0 Å². The minimum absolute atomic E-state index is 0.0143. The van der Waals surface area contributed by atoms with Gasteiger partial charge < -0.3 is 10.1 Å². The first-order valence-electron chi connectivity index (χ1n) is 8.71. The van der Waals surface area contributed by atoms with Crippen LogP contribution in [-0.4, -0.2) is 36.2 Å². The van der Waals surface area contributed by atoms with Crippen LogP contribution in [0.5, 0.6) is 0 Å². The Balaban J connectivity index is 2.58. The third-order valence-corrected chi connectivity index (χ3v) is 5.51. The van der Waals surface area contributed by atoms with E-state index in [4.69, 9.17) is 4.74 Å². The lowest BCUT2D eigenvalue weighted by Gasteiger charge is -2.34. The van der Waals surface area contributed by atoms with E-state index in [2.05, 4.69) is 19.2 Å². The molecule has 21 heavy (non-hydrogen) atoms. The molecule has 1 rings (SSSR count). The summed E-state index contributed by atoms with van der Waals surface area (Å²) in [6, 6.07) is 0. The molecule has 1 aliphatic rings. The Morgan fingerprint density at radius 1 is 1.29 bits per heavy atom. The lowest BCUT2D eigenvalue weighted by molar-refractivity contribution is -0.153. The second-order valence-electron chi connectivity index (χ2n) is 5.96. The molecule has 0 spiro atoms. The van der Waals surface area contributed by atoms with Crippen LogP contribution >= 0.6 is 11.8 Å². The molecule has 2 unspecified atom stereocenters. The number of carbonyl (C=O) groups excluding carboxylic acids is 1. The Labute approximate surface area is 135 Å². The van der Waals surface area contributed by atoms with E-state index in [1.54, 1.807) is 0 Å². The van der Waals surface area contributed by atoms with Crippen molar-refractivity contribution in [1.29, 1.82) is 0 Å². The Morgan fingerprint density at radius 3 is 2.76 bits per heavy atom. The molecule has 1 fully saturated rings. The first-order valence-corrected chi connectivity index (χ1v) is 9.86. The average molecular weight is 316 g/mol. The SMILES string of the molecule is CCCCSCCC1CCCC1(NCCC)C(=O)OCC. The van der Waals surface area contributed by atoms with Gasteiger partial charge in [0.15, 0.2) is 0 Å². The van der Waals surface area contributed by atoms with Gasteiger partial charge in [0.05, 0.1) is 6.61 Å². The summed E-state index contributed by atoms with van der Waals surface area (Å²) in [4.78, 5) is 12.5. The lowest BCUT2D eigenvalue weighted by atomic mass is 9.84. The highest BCUT2D eigenvalue weighted by atomic mass is 32.2. The van der Waals surface area contributed by atoms with Gasteiger partial charge in [0.2, 0.25) is 0 Å². The Hall–Kier alpha value is -0.220. The van der Waals surface area contributed by atoms with E-state index in [-0.39, 0.29) is 5.97 Å². The molecule has 3 nitrogen and oxygen atoms in total. The number of hydrogen-bond donors (Lipinski definition) is 1. The highest BCUT2D eigenvalue weighted by Gasteiger charge is 2.49. The molecule has 0 aromatic heterocycles. The molecule has 0 aliphatic heterocycles. The molecule has 1 N–H and O–H groups in total. The number of carbonyl (C=O) groups is 1. The van der Waals surface area contributed by atoms with Crippen molar-refractivity contribution in [2.24, 2.45) is 5.92 Å². The largest absolute Gasteiger partial charge is 0.465 e. The van der Waals surface area contributed by atoms with Crippen molar-refractivity contribution in [2.45, 2.75) is 71.3 Å². The number of hydrogen-bond acceptors (Lipinski definition) is 4. The molecule has 0 saturated heterocycles. The highest BCUT2D eigenvalue weighted by Crippen LogP contribution is 2.39. The zero-order valence-corrected chi connectivity index (χ0v) is 14.9. The van der Waals surface area contributed by atoms with Crippen LogP contribution < -0.4 is 5.32 Å². The maximum Gasteiger partial charge on any atom is 0.326 e. The Kier molecular flexibility index (Phi) is 9.41. The van der Waals surface area contributed by atoms with Gasteiger partial charge in [0.25, 0.3) is 0 Å². The van der Waals surface area contributed by atoms with E-state index < -0.39 is 5.54 Å². The van der Waals surface area contributed by atoms with Gasteiger partial charge >= 0.3 is 5.97 Å². The standard InChI is InChI=1S/C17H33NO2S/c1-4-7-13-21-14-10-15-9-8-11-17(15,18-12-5-2)16(19)20-6-3/h15,18H,4-14H2,1-3H3. The second-order valence-corrected chi connectivity index (χ2v) is 7.19. The van der Waals surface area contributed by atoms with Crippen LogP contribution in [-0.2, 0) is 9.53 Å². The normalized spacial score (nSPS) is 25.2. The summed E-state index contributed by atoms with van der Waals surface area (Å²) in [5.41, 5.74) is -0.405. The molecule has 2 atom stereocenters. The van der Waals surface area contributed by atoms with Crippen LogP contribution in [0, 0.1) is 5.92 Å². The van der Waals surface area contributed by atoms with Gasteiger partial charge in [-0.2, -0.15) is 11.8 Å². The number of nitrogens with one attached hydrogen (secondary N) is 1. The third kappa shape index (κ3) is 5.48. The fourth-order valence-electron chi connectivity index (χ4n) is 3.22. The summed E-state index contributed by atoms with van der Waals surface area (Å²) in [7, 11) is 0. The molecule has 124 valence electrons. The van der Waals surface area contributed by atoms with Gasteiger partial charge in [-0.3, -0.25) is 4.79 Å². The topological polar surface area (TPSA) is 38.3 Å². The van der Waals surface area contributed by atoms with Gasteiger partial charge in [-0.25, -0.2) is 0 Å². The quantitative estimate of drug-likeness (QED) is 0.462. The van der Waals surface area contributed by atoms with E-state index in [0.29, 0.717) is 12.5 Å². The minimum Gasteiger partial charge on any atom is -0.465 e. The second kappa shape index (κ2) is 10.5. The molecule has 0 heterocycles. The van der Waals surface area contributed by atoms with Crippen molar-refractivity contribution in [3.8, 4) is 0 Å². The van der Waals surface area contributed by atoms with Gasteiger partial charge in [-0.15, -0.1) is 0 Å². The van der Waals surface area contributed by atoms with E-state index in [1.165, 1.54) is 24.3 Å². The summed E-state index contributed by atoms with van der Waals surface area (Å²) < 4.78 is 5.39. The zero-order valence-electron chi connectivity index (χ0n) is 14.1. The molecular weight excluding hydrogens is 282 g/mol. The van der Waals surface area contributed by atoms with Crippen molar-refractivity contribution < 1.29 is 9.53 Å². The molecular formula is C17H33NO2S. The van der Waals surface area contributed by atoms with Crippen LogP contribution in [0.2, 0.25) is 0 Å². The zero-order chi connectivity index (χ0) is 15.6. The van der Waals surface area contributed by atoms with Crippen molar-refractivity contribution in [1.82, 2.24) is 5.32 Å². The average Bonchev–Trinajstić information content (AvgIpc) is 2.89. The van der Waals surface area contributed by atoms with E-state index in [9.17, 15) is 4.79 Å². The lowest BCUT2D eigenvalue weighted by Crippen LogP contribution is -2.56. The molecule has 0 aromatic carbocycles. The number of ether oxygens (including phenoxy) is 1. The maximum absolute atomic E-state index is 12.5. The number of unbranched alkanes of at least 4 members (excludes halogenated alkanes) is 1. The molecule has 4 heteroatoms. The fraction of sp³-hybridized carbons (Fsp3) is 0.941. The first-order chi connectivity index (χ1) is 10.2. The summed E-state index contributed by atoms with van der Waals surface area (Å²) in [5, 5.41) is 3.55. The Bertz CT molecular complexity index is 299.